The van der Waals surface area contributed by atoms with Crippen LogP contribution in [0, 0.1) is 0 Å². The van der Waals surface area contributed by atoms with Gasteiger partial charge in [0.1, 0.15) is 11.1 Å². The fraction of sp³-hybridized carbons (Fsp3) is 0.320. The summed E-state index contributed by atoms with van der Waals surface area (Å²) in [5, 5.41) is 4.31. The van der Waals surface area contributed by atoms with Crippen LogP contribution in [0.3, 0.4) is 0 Å². The molecule has 1 amide bonds. The SMILES string of the molecule is O=C(CSc1nc2c(oc3ccccc32)c(=O)n1C1CCCC1)NCc1ccc2c(c1)OCO2. The monoisotopic (exact) mass is 477 g/mol. The van der Waals surface area contributed by atoms with Gasteiger partial charge in [-0.15, -0.1) is 0 Å². The largest absolute Gasteiger partial charge is 0.454 e. The summed E-state index contributed by atoms with van der Waals surface area (Å²) < 4.78 is 18.3. The van der Waals surface area contributed by atoms with Crippen molar-refractivity contribution < 1.29 is 18.7 Å². The van der Waals surface area contributed by atoms with E-state index in [2.05, 4.69) is 5.32 Å². The maximum atomic E-state index is 13.4. The summed E-state index contributed by atoms with van der Waals surface area (Å²) in [6.07, 6.45) is 4.01. The van der Waals surface area contributed by atoms with Gasteiger partial charge in [0.15, 0.2) is 16.7 Å². The van der Waals surface area contributed by atoms with E-state index in [1.165, 1.54) is 11.8 Å². The molecule has 3 heterocycles. The predicted octanol–water partition coefficient (Wildman–Crippen LogP) is 4.40. The number of hydrogen-bond donors (Lipinski definition) is 1. The number of amides is 1. The minimum absolute atomic E-state index is 0.0804. The highest BCUT2D eigenvalue weighted by Crippen LogP contribution is 2.34. The molecular formula is C25H23N3O5S. The van der Waals surface area contributed by atoms with Gasteiger partial charge in [-0.05, 0) is 42.7 Å². The van der Waals surface area contributed by atoms with E-state index < -0.39 is 0 Å². The molecule has 0 saturated heterocycles. The molecule has 34 heavy (non-hydrogen) atoms. The van der Waals surface area contributed by atoms with Gasteiger partial charge in [0, 0.05) is 18.0 Å². The van der Waals surface area contributed by atoms with Gasteiger partial charge in [0.05, 0.1) is 5.75 Å². The van der Waals surface area contributed by atoms with E-state index >= 15 is 0 Å². The highest BCUT2D eigenvalue weighted by atomic mass is 32.2. The van der Waals surface area contributed by atoms with E-state index in [9.17, 15) is 9.59 Å². The van der Waals surface area contributed by atoms with Crippen molar-refractivity contribution in [3.05, 3.63) is 58.4 Å². The van der Waals surface area contributed by atoms with Crippen molar-refractivity contribution in [2.45, 2.75) is 43.4 Å². The molecule has 0 bridgehead atoms. The van der Waals surface area contributed by atoms with E-state index in [-0.39, 0.29) is 35.6 Å². The molecule has 1 N–H and O–H groups in total. The summed E-state index contributed by atoms with van der Waals surface area (Å²) in [7, 11) is 0. The number of benzene rings is 2. The van der Waals surface area contributed by atoms with Crippen molar-refractivity contribution in [3.8, 4) is 11.5 Å². The number of fused-ring (bicyclic) bond motifs is 4. The molecule has 1 saturated carbocycles. The van der Waals surface area contributed by atoms with Crippen molar-refractivity contribution in [1.82, 2.24) is 14.9 Å². The van der Waals surface area contributed by atoms with Crippen LogP contribution in [0.2, 0.25) is 0 Å². The van der Waals surface area contributed by atoms with Gasteiger partial charge >= 0.3 is 0 Å². The van der Waals surface area contributed by atoms with Crippen molar-refractivity contribution in [2.75, 3.05) is 12.5 Å². The normalized spacial score (nSPS) is 15.4. The zero-order valence-corrected chi connectivity index (χ0v) is 19.2. The summed E-state index contributed by atoms with van der Waals surface area (Å²) in [5.74, 6) is 1.42. The standard InChI is InChI=1S/C25H23N3O5S/c29-21(26-12-15-9-10-19-20(11-15)32-14-31-19)13-34-25-27-22-17-7-3-4-8-18(17)33-23(22)24(30)28(25)16-5-1-2-6-16/h3-4,7-11,16H,1-2,5-6,12-14H2,(H,26,29). The summed E-state index contributed by atoms with van der Waals surface area (Å²) in [6.45, 7) is 0.595. The molecule has 9 heteroatoms. The first kappa shape index (κ1) is 21.1. The quantitative estimate of drug-likeness (QED) is 0.325. The van der Waals surface area contributed by atoms with Crippen LogP contribution >= 0.6 is 11.8 Å². The lowest BCUT2D eigenvalue weighted by Crippen LogP contribution is -2.28. The molecule has 0 radical (unpaired) electrons. The summed E-state index contributed by atoms with van der Waals surface area (Å²) >= 11 is 1.29. The Kier molecular flexibility index (Phi) is 5.41. The number of thioether (sulfide) groups is 1. The first-order valence-electron chi connectivity index (χ1n) is 11.4. The average molecular weight is 478 g/mol. The smallest absolute Gasteiger partial charge is 0.298 e. The number of ether oxygens (including phenoxy) is 2. The predicted molar refractivity (Wildman–Crippen MR) is 128 cm³/mol. The second kappa shape index (κ2) is 8.72. The van der Waals surface area contributed by atoms with Crippen LogP contribution in [-0.4, -0.2) is 28.0 Å². The van der Waals surface area contributed by atoms with Gasteiger partial charge in [-0.2, -0.15) is 0 Å². The third kappa shape index (κ3) is 3.79. The number of furan rings is 1. The van der Waals surface area contributed by atoms with Crippen LogP contribution in [-0.2, 0) is 11.3 Å². The van der Waals surface area contributed by atoms with Crippen molar-refractivity contribution in [2.24, 2.45) is 0 Å². The second-order valence-corrected chi connectivity index (χ2v) is 9.48. The summed E-state index contributed by atoms with van der Waals surface area (Å²) in [6, 6.07) is 13.2. The Hall–Kier alpha value is -3.46. The maximum Gasteiger partial charge on any atom is 0.298 e. The maximum absolute atomic E-state index is 13.4. The summed E-state index contributed by atoms with van der Waals surface area (Å²) in [4.78, 5) is 30.9. The molecule has 174 valence electrons. The lowest BCUT2D eigenvalue weighted by Gasteiger charge is -2.17. The Balaban J connectivity index is 1.24. The lowest BCUT2D eigenvalue weighted by atomic mass is 10.2. The lowest BCUT2D eigenvalue weighted by molar-refractivity contribution is -0.118. The molecule has 1 aliphatic carbocycles. The van der Waals surface area contributed by atoms with E-state index in [0.717, 1.165) is 36.6 Å². The number of carbonyl (C=O) groups is 1. The van der Waals surface area contributed by atoms with Crippen LogP contribution < -0.4 is 20.3 Å². The number of nitrogens with zero attached hydrogens (tertiary/aromatic N) is 2. The van der Waals surface area contributed by atoms with Crippen LogP contribution in [0.5, 0.6) is 11.5 Å². The zero-order valence-electron chi connectivity index (χ0n) is 18.4. The highest BCUT2D eigenvalue weighted by Gasteiger charge is 2.25. The van der Waals surface area contributed by atoms with Crippen LogP contribution in [0.25, 0.3) is 22.1 Å². The molecule has 1 aliphatic heterocycles. The van der Waals surface area contributed by atoms with Crippen molar-refractivity contribution >= 4 is 39.7 Å². The topological polar surface area (TPSA) is 95.6 Å². The fourth-order valence-corrected chi connectivity index (χ4v) is 5.54. The number of nitrogens with one attached hydrogen (secondary N) is 1. The number of hydrogen-bond acceptors (Lipinski definition) is 7. The Morgan fingerprint density at radius 1 is 1.12 bits per heavy atom. The Bertz CT molecular complexity index is 1450. The first-order valence-corrected chi connectivity index (χ1v) is 12.4. The molecule has 8 nitrogen and oxygen atoms in total. The third-order valence-corrected chi connectivity index (χ3v) is 7.30. The zero-order chi connectivity index (χ0) is 23.1. The minimum Gasteiger partial charge on any atom is -0.454 e. The number of carbonyl (C=O) groups excluding carboxylic acids is 1. The van der Waals surface area contributed by atoms with Gasteiger partial charge < -0.3 is 19.2 Å². The number of rotatable bonds is 6. The molecule has 6 rings (SSSR count). The molecule has 4 aromatic rings. The number of aromatic nitrogens is 2. The fourth-order valence-electron chi connectivity index (χ4n) is 4.65. The van der Waals surface area contributed by atoms with Crippen LogP contribution in [0.1, 0.15) is 37.3 Å². The Labute approximate surface area is 199 Å². The molecule has 2 aromatic carbocycles. The van der Waals surface area contributed by atoms with Gasteiger partial charge in [-0.25, -0.2) is 4.98 Å². The van der Waals surface area contributed by atoms with E-state index in [1.807, 2.05) is 42.5 Å². The van der Waals surface area contributed by atoms with Gasteiger partial charge in [0.2, 0.25) is 18.3 Å². The number of para-hydroxylation sites is 1. The first-order chi connectivity index (χ1) is 16.7. The van der Waals surface area contributed by atoms with Crippen molar-refractivity contribution in [1.29, 1.82) is 0 Å². The van der Waals surface area contributed by atoms with Crippen LogP contribution in [0.4, 0.5) is 0 Å². The molecule has 2 aromatic heterocycles. The average Bonchev–Trinajstić information content (AvgIpc) is 3.61. The summed E-state index contributed by atoms with van der Waals surface area (Å²) in [5.41, 5.74) is 2.23. The molecule has 0 atom stereocenters. The Morgan fingerprint density at radius 3 is 2.82 bits per heavy atom. The van der Waals surface area contributed by atoms with E-state index in [0.29, 0.717) is 34.3 Å². The second-order valence-electron chi connectivity index (χ2n) is 8.54. The third-order valence-electron chi connectivity index (χ3n) is 6.34. The van der Waals surface area contributed by atoms with Gasteiger partial charge in [-0.1, -0.05) is 42.8 Å². The Morgan fingerprint density at radius 2 is 1.94 bits per heavy atom. The molecular weight excluding hydrogens is 454 g/mol. The van der Waals surface area contributed by atoms with Gasteiger partial charge in [-0.3, -0.25) is 14.2 Å². The molecule has 0 spiro atoms. The van der Waals surface area contributed by atoms with Crippen LogP contribution in [0.15, 0.2) is 56.8 Å². The minimum atomic E-state index is -0.170. The van der Waals surface area contributed by atoms with Crippen molar-refractivity contribution in [3.63, 3.8) is 0 Å². The van der Waals surface area contributed by atoms with E-state index in [4.69, 9.17) is 18.9 Å². The van der Waals surface area contributed by atoms with E-state index in [1.54, 1.807) is 4.57 Å². The molecule has 2 aliphatic rings. The van der Waals surface area contributed by atoms with Gasteiger partial charge in [0.25, 0.3) is 5.56 Å². The molecule has 0 unspecified atom stereocenters. The highest BCUT2D eigenvalue weighted by molar-refractivity contribution is 7.99. The molecule has 1 fully saturated rings.